The third-order valence-corrected chi connectivity index (χ3v) is 1.30. The lowest BCUT2D eigenvalue weighted by Crippen LogP contribution is -2.09. The van der Waals surface area contributed by atoms with Gasteiger partial charge < -0.3 is 0 Å². The summed E-state index contributed by atoms with van der Waals surface area (Å²) in [5.41, 5.74) is 0. The molecule has 1 nitrogen and oxygen atoms in total. The fourth-order valence-electron chi connectivity index (χ4n) is 0.481. The van der Waals surface area contributed by atoms with Gasteiger partial charge in [-0.2, -0.15) is 0 Å². The summed E-state index contributed by atoms with van der Waals surface area (Å²) in [6.45, 7) is 8.44. The fourth-order valence-corrected chi connectivity index (χ4v) is 0.625. The van der Waals surface area contributed by atoms with Crippen LogP contribution in [0.25, 0.3) is 0 Å². The summed E-state index contributed by atoms with van der Waals surface area (Å²) in [5.74, 6) is 0. The molecular formula is C8H16BrN. The van der Waals surface area contributed by atoms with Crippen LogP contribution in [0.4, 0.5) is 0 Å². The molecule has 0 rings (SSSR count). The smallest absolute Gasteiger partial charge is 0.0439 e. The van der Waals surface area contributed by atoms with Gasteiger partial charge in [-0.1, -0.05) is 15.9 Å². The molecule has 2 heteroatoms. The number of hydrogen-bond acceptors (Lipinski definition) is 1. The van der Waals surface area contributed by atoms with E-state index in [2.05, 4.69) is 48.6 Å². The van der Waals surface area contributed by atoms with E-state index in [1.165, 1.54) is 0 Å². The summed E-state index contributed by atoms with van der Waals surface area (Å²) in [6.07, 6.45) is 2.98. The van der Waals surface area contributed by atoms with E-state index in [0.717, 1.165) is 6.42 Å². The van der Waals surface area contributed by atoms with Crippen LogP contribution >= 0.6 is 15.9 Å². The highest BCUT2D eigenvalue weighted by molar-refractivity contribution is 9.10. The van der Waals surface area contributed by atoms with Gasteiger partial charge in [0.05, 0.1) is 0 Å². The molecular weight excluding hydrogens is 190 g/mol. The first kappa shape index (κ1) is 10.2. The molecule has 0 saturated heterocycles. The molecule has 0 aromatic heterocycles. The summed E-state index contributed by atoms with van der Waals surface area (Å²) in [6, 6.07) is 0.426. The number of hydrogen-bond donors (Lipinski definition) is 0. The van der Waals surface area contributed by atoms with E-state index in [4.69, 9.17) is 0 Å². The van der Waals surface area contributed by atoms with Crippen LogP contribution in [0.2, 0.25) is 0 Å². The Morgan fingerprint density at radius 1 is 1.50 bits per heavy atom. The van der Waals surface area contributed by atoms with E-state index in [9.17, 15) is 0 Å². The van der Waals surface area contributed by atoms with E-state index in [1.54, 1.807) is 0 Å². The van der Waals surface area contributed by atoms with Crippen LogP contribution in [0.3, 0.4) is 0 Å². The van der Waals surface area contributed by atoms with Crippen molar-refractivity contribution >= 4 is 22.1 Å². The number of halogens is 1. The maximum atomic E-state index is 4.25. The minimum atomic E-state index is 0.200. The Balaban J connectivity index is 3.54. The van der Waals surface area contributed by atoms with E-state index >= 15 is 0 Å². The molecule has 0 bridgehead atoms. The summed E-state index contributed by atoms with van der Waals surface area (Å²) in [7, 11) is 0. The first-order valence-corrected chi connectivity index (χ1v) is 4.41. The normalized spacial score (nSPS) is 13.4. The highest BCUT2D eigenvalue weighted by atomic mass is 79.9. The predicted molar refractivity (Wildman–Crippen MR) is 51.3 cm³/mol. The van der Waals surface area contributed by atoms with Gasteiger partial charge in [0.2, 0.25) is 0 Å². The van der Waals surface area contributed by atoms with Crippen LogP contribution in [0.5, 0.6) is 0 Å². The largest absolute Gasteiger partial charge is 0.295 e. The molecule has 60 valence electrons. The number of aliphatic imine (C=N–C) groups is 1. The monoisotopic (exact) mass is 205 g/mol. The zero-order valence-corrected chi connectivity index (χ0v) is 8.77. The van der Waals surface area contributed by atoms with Crippen LogP contribution in [0.1, 0.15) is 34.1 Å². The third-order valence-electron chi connectivity index (χ3n) is 0.980. The Kier molecular flexibility index (Phi) is 4.18. The predicted octanol–water partition coefficient (Wildman–Crippen LogP) is 3.03. The van der Waals surface area contributed by atoms with E-state index in [-0.39, 0.29) is 4.32 Å². The molecule has 0 N–H and O–H groups in total. The summed E-state index contributed by atoms with van der Waals surface area (Å²) in [4.78, 5) is 4.25. The molecule has 10 heavy (non-hydrogen) atoms. The molecule has 0 fully saturated rings. The quantitative estimate of drug-likeness (QED) is 0.497. The van der Waals surface area contributed by atoms with Gasteiger partial charge in [0.25, 0.3) is 0 Å². The van der Waals surface area contributed by atoms with Crippen molar-refractivity contribution in [3.8, 4) is 0 Å². The van der Waals surface area contributed by atoms with Gasteiger partial charge in [0, 0.05) is 16.6 Å². The van der Waals surface area contributed by atoms with Crippen molar-refractivity contribution < 1.29 is 0 Å². The Labute approximate surface area is 72.1 Å². The van der Waals surface area contributed by atoms with Crippen molar-refractivity contribution in [3.63, 3.8) is 0 Å². The Morgan fingerprint density at radius 2 is 2.00 bits per heavy atom. The minimum Gasteiger partial charge on any atom is -0.295 e. The summed E-state index contributed by atoms with van der Waals surface area (Å²) < 4.78 is 0.200. The molecule has 0 aliphatic rings. The highest BCUT2D eigenvalue weighted by Gasteiger charge is 2.09. The van der Waals surface area contributed by atoms with Crippen molar-refractivity contribution in [2.75, 3.05) is 0 Å². The van der Waals surface area contributed by atoms with Crippen molar-refractivity contribution in [2.45, 2.75) is 44.5 Å². The Hall–Kier alpha value is 0.150. The Bertz CT molecular complexity index is 111. The lowest BCUT2D eigenvalue weighted by atomic mass is 10.1. The fraction of sp³-hybridized carbons (Fsp3) is 0.875. The standard InChI is InChI=1S/C8H16BrN/c1-7(2)10-6-5-8(3,4)9/h6-7H,5H2,1-4H3. The molecule has 0 heterocycles. The maximum absolute atomic E-state index is 4.25. The van der Waals surface area contributed by atoms with E-state index < -0.39 is 0 Å². The summed E-state index contributed by atoms with van der Waals surface area (Å²) in [5, 5.41) is 0. The maximum Gasteiger partial charge on any atom is 0.0439 e. The van der Waals surface area contributed by atoms with Gasteiger partial charge in [-0.3, -0.25) is 4.99 Å². The number of alkyl halides is 1. The van der Waals surface area contributed by atoms with E-state index in [1.807, 2.05) is 6.21 Å². The van der Waals surface area contributed by atoms with Crippen molar-refractivity contribution in [2.24, 2.45) is 4.99 Å². The van der Waals surface area contributed by atoms with Crippen LogP contribution in [-0.2, 0) is 0 Å². The zero-order chi connectivity index (χ0) is 8.20. The molecule has 0 aliphatic carbocycles. The molecule has 0 atom stereocenters. The van der Waals surface area contributed by atoms with Gasteiger partial charge in [0.1, 0.15) is 0 Å². The average Bonchev–Trinajstić information content (AvgIpc) is 1.59. The lowest BCUT2D eigenvalue weighted by Gasteiger charge is -2.11. The van der Waals surface area contributed by atoms with Crippen molar-refractivity contribution in [1.29, 1.82) is 0 Å². The SMILES string of the molecule is CC(C)N=CCC(C)(C)Br. The summed E-state index contributed by atoms with van der Waals surface area (Å²) >= 11 is 3.54. The molecule has 0 saturated carbocycles. The first-order chi connectivity index (χ1) is 4.42. The van der Waals surface area contributed by atoms with Gasteiger partial charge in [-0.25, -0.2) is 0 Å². The Morgan fingerprint density at radius 3 is 2.30 bits per heavy atom. The molecule has 0 unspecified atom stereocenters. The van der Waals surface area contributed by atoms with Gasteiger partial charge in [0.15, 0.2) is 0 Å². The second kappa shape index (κ2) is 4.12. The van der Waals surface area contributed by atoms with Crippen LogP contribution in [-0.4, -0.2) is 16.6 Å². The minimum absolute atomic E-state index is 0.200. The second-order valence-electron chi connectivity index (χ2n) is 3.35. The van der Waals surface area contributed by atoms with Gasteiger partial charge in [-0.15, -0.1) is 0 Å². The lowest BCUT2D eigenvalue weighted by molar-refractivity contribution is 0.761. The van der Waals surface area contributed by atoms with Crippen LogP contribution in [0.15, 0.2) is 4.99 Å². The highest BCUT2D eigenvalue weighted by Crippen LogP contribution is 2.18. The van der Waals surface area contributed by atoms with Gasteiger partial charge in [-0.05, 0) is 34.1 Å². The third kappa shape index (κ3) is 8.15. The van der Waals surface area contributed by atoms with Crippen molar-refractivity contribution in [3.05, 3.63) is 0 Å². The zero-order valence-electron chi connectivity index (χ0n) is 7.19. The van der Waals surface area contributed by atoms with E-state index in [0.29, 0.717) is 6.04 Å². The number of nitrogens with zero attached hydrogens (tertiary/aromatic N) is 1. The molecule has 0 aromatic carbocycles. The average molecular weight is 206 g/mol. The van der Waals surface area contributed by atoms with Crippen LogP contribution in [0, 0.1) is 0 Å². The first-order valence-electron chi connectivity index (χ1n) is 3.62. The number of rotatable bonds is 3. The molecule has 0 amide bonds. The topological polar surface area (TPSA) is 12.4 Å². The molecule has 0 aromatic rings. The van der Waals surface area contributed by atoms with Crippen LogP contribution < -0.4 is 0 Å². The molecule has 0 aliphatic heterocycles. The molecule has 0 radical (unpaired) electrons. The molecule has 0 spiro atoms. The van der Waals surface area contributed by atoms with Gasteiger partial charge >= 0.3 is 0 Å². The second-order valence-corrected chi connectivity index (χ2v) is 5.49. The van der Waals surface area contributed by atoms with Crippen molar-refractivity contribution in [1.82, 2.24) is 0 Å².